The summed E-state index contributed by atoms with van der Waals surface area (Å²) in [7, 11) is 1.81. The highest BCUT2D eigenvalue weighted by atomic mass is 35.5. The van der Waals surface area contributed by atoms with E-state index in [0.717, 1.165) is 11.4 Å². The van der Waals surface area contributed by atoms with Crippen molar-refractivity contribution in [3.63, 3.8) is 0 Å². The second-order valence-electron chi connectivity index (χ2n) is 4.10. The van der Waals surface area contributed by atoms with Crippen molar-refractivity contribution in [3.05, 3.63) is 52.1 Å². The van der Waals surface area contributed by atoms with Gasteiger partial charge < -0.3 is 0 Å². The van der Waals surface area contributed by atoms with Crippen molar-refractivity contribution >= 4 is 11.6 Å². The molecule has 0 fully saturated rings. The Bertz CT molecular complexity index is 567. The Labute approximate surface area is 110 Å². The molecule has 2 aromatic rings. The summed E-state index contributed by atoms with van der Waals surface area (Å²) in [4.78, 5) is 0. The van der Waals surface area contributed by atoms with Gasteiger partial charge in [0.1, 0.15) is 5.82 Å². The average molecular weight is 269 g/mol. The molecule has 4 nitrogen and oxygen atoms in total. The van der Waals surface area contributed by atoms with Crippen LogP contribution in [0.2, 0.25) is 5.02 Å². The van der Waals surface area contributed by atoms with Gasteiger partial charge in [-0.3, -0.25) is 10.5 Å². The SMILES string of the molecule is Cc1cc(C(NN)c2cc(F)ccc2Cl)n(C)n1. The molecule has 1 atom stereocenters. The molecule has 3 N–H and O–H groups in total. The molecule has 0 saturated carbocycles. The Kier molecular flexibility index (Phi) is 3.65. The first-order chi connectivity index (χ1) is 8.52. The summed E-state index contributed by atoms with van der Waals surface area (Å²) in [5.41, 5.74) is 4.91. The molecule has 0 radical (unpaired) electrons. The maximum absolute atomic E-state index is 13.3. The highest BCUT2D eigenvalue weighted by molar-refractivity contribution is 6.31. The third-order valence-corrected chi connectivity index (χ3v) is 3.11. The van der Waals surface area contributed by atoms with E-state index in [9.17, 15) is 4.39 Å². The molecule has 0 bridgehead atoms. The Balaban J connectivity index is 2.51. The Morgan fingerprint density at radius 3 is 2.72 bits per heavy atom. The number of aryl methyl sites for hydroxylation is 2. The van der Waals surface area contributed by atoms with Crippen LogP contribution in [0.3, 0.4) is 0 Å². The van der Waals surface area contributed by atoms with Crippen molar-refractivity contribution in [2.45, 2.75) is 13.0 Å². The molecule has 0 spiro atoms. The molecule has 1 unspecified atom stereocenters. The van der Waals surface area contributed by atoms with Gasteiger partial charge in [0.05, 0.1) is 17.4 Å². The second-order valence-corrected chi connectivity index (χ2v) is 4.51. The first-order valence-corrected chi connectivity index (χ1v) is 5.82. The van der Waals surface area contributed by atoms with E-state index in [4.69, 9.17) is 17.4 Å². The first-order valence-electron chi connectivity index (χ1n) is 5.44. The van der Waals surface area contributed by atoms with Gasteiger partial charge in [-0.15, -0.1) is 0 Å². The van der Waals surface area contributed by atoms with Crippen molar-refractivity contribution in [1.82, 2.24) is 15.2 Å². The first kappa shape index (κ1) is 13.0. The molecule has 0 aliphatic rings. The van der Waals surface area contributed by atoms with Crippen LogP contribution in [-0.2, 0) is 7.05 Å². The van der Waals surface area contributed by atoms with Gasteiger partial charge in [0, 0.05) is 12.1 Å². The van der Waals surface area contributed by atoms with Crippen molar-refractivity contribution in [1.29, 1.82) is 0 Å². The van der Waals surface area contributed by atoms with E-state index >= 15 is 0 Å². The van der Waals surface area contributed by atoms with Gasteiger partial charge in [-0.25, -0.2) is 9.82 Å². The zero-order valence-corrected chi connectivity index (χ0v) is 10.9. The fourth-order valence-corrected chi connectivity index (χ4v) is 2.20. The minimum Gasteiger partial charge on any atom is -0.271 e. The lowest BCUT2D eigenvalue weighted by Crippen LogP contribution is -2.30. The summed E-state index contributed by atoms with van der Waals surface area (Å²) < 4.78 is 15.0. The third kappa shape index (κ3) is 2.38. The van der Waals surface area contributed by atoms with Gasteiger partial charge in [0.2, 0.25) is 0 Å². The molecule has 1 aromatic heterocycles. The van der Waals surface area contributed by atoms with Gasteiger partial charge >= 0.3 is 0 Å². The van der Waals surface area contributed by atoms with Gasteiger partial charge in [-0.2, -0.15) is 5.10 Å². The minimum absolute atomic E-state index is 0.353. The molecule has 0 aliphatic heterocycles. The number of hydrazine groups is 1. The van der Waals surface area contributed by atoms with Crippen molar-refractivity contribution in [2.24, 2.45) is 12.9 Å². The van der Waals surface area contributed by atoms with E-state index in [0.29, 0.717) is 10.6 Å². The lowest BCUT2D eigenvalue weighted by Gasteiger charge is -2.18. The molecule has 18 heavy (non-hydrogen) atoms. The van der Waals surface area contributed by atoms with Gasteiger partial charge in [0.15, 0.2) is 0 Å². The van der Waals surface area contributed by atoms with Crippen LogP contribution in [0, 0.1) is 12.7 Å². The Morgan fingerprint density at radius 1 is 1.44 bits per heavy atom. The normalized spacial score (nSPS) is 12.7. The quantitative estimate of drug-likeness (QED) is 0.662. The average Bonchev–Trinajstić information content (AvgIpc) is 2.64. The number of nitrogens with zero attached hydrogens (tertiary/aromatic N) is 2. The fraction of sp³-hybridized carbons (Fsp3) is 0.250. The molecular weight excluding hydrogens is 255 g/mol. The lowest BCUT2D eigenvalue weighted by molar-refractivity contribution is 0.566. The van der Waals surface area contributed by atoms with E-state index in [-0.39, 0.29) is 5.82 Å². The van der Waals surface area contributed by atoms with Crippen LogP contribution in [0.4, 0.5) is 4.39 Å². The van der Waals surface area contributed by atoms with Gasteiger partial charge in [-0.1, -0.05) is 11.6 Å². The molecule has 6 heteroatoms. The van der Waals surface area contributed by atoms with E-state index in [1.165, 1.54) is 18.2 Å². The van der Waals surface area contributed by atoms with Crippen molar-refractivity contribution in [2.75, 3.05) is 0 Å². The summed E-state index contributed by atoms with van der Waals surface area (Å²) in [5, 5.41) is 4.70. The maximum Gasteiger partial charge on any atom is 0.123 e. The fourth-order valence-electron chi connectivity index (χ4n) is 1.97. The smallest absolute Gasteiger partial charge is 0.123 e. The molecule has 96 valence electrons. The minimum atomic E-state index is -0.403. The number of rotatable bonds is 3. The van der Waals surface area contributed by atoms with E-state index in [1.54, 1.807) is 11.7 Å². The predicted octanol–water partition coefficient (Wildman–Crippen LogP) is 2.07. The predicted molar refractivity (Wildman–Crippen MR) is 68.5 cm³/mol. The molecule has 0 amide bonds. The summed E-state index contributed by atoms with van der Waals surface area (Å²) in [6.07, 6.45) is 0. The third-order valence-electron chi connectivity index (χ3n) is 2.77. The highest BCUT2D eigenvalue weighted by Crippen LogP contribution is 2.28. The number of nitrogens with one attached hydrogen (secondary N) is 1. The maximum atomic E-state index is 13.3. The van der Waals surface area contributed by atoms with E-state index < -0.39 is 6.04 Å². The molecule has 2 rings (SSSR count). The number of halogens is 2. The zero-order valence-electron chi connectivity index (χ0n) is 10.1. The van der Waals surface area contributed by atoms with Gasteiger partial charge in [0.25, 0.3) is 0 Å². The summed E-state index contributed by atoms with van der Waals surface area (Å²) in [6, 6.07) is 5.67. The topological polar surface area (TPSA) is 55.9 Å². The Hall–Kier alpha value is -1.43. The molecule has 1 aromatic carbocycles. The number of benzene rings is 1. The highest BCUT2D eigenvalue weighted by Gasteiger charge is 2.20. The van der Waals surface area contributed by atoms with Crippen LogP contribution in [0.15, 0.2) is 24.3 Å². The number of nitrogens with two attached hydrogens (primary N) is 1. The zero-order chi connectivity index (χ0) is 13.3. The molecule has 0 saturated heterocycles. The Morgan fingerprint density at radius 2 is 2.17 bits per heavy atom. The van der Waals surface area contributed by atoms with Crippen molar-refractivity contribution < 1.29 is 4.39 Å². The standard InChI is InChI=1S/C12H14ClFN4/c1-7-5-11(18(2)17-7)12(16-15)9-6-8(14)3-4-10(9)13/h3-6,12,16H,15H2,1-2H3. The lowest BCUT2D eigenvalue weighted by atomic mass is 10.0. The van der Waals surface area contributed by atoms with E-state index in [1.807, 2.05) is 13.0 Å². The van der Waals surface area contributed by atoms with Crippen LogP contribution in [0.25, 0.3) is 0 Å². The molecule has 1 heterocycles. The van der Waals surface area contributed by atoms with Gasteiger partial charge in [-0.05, 0) is 36.8 Å². The second kappa shape index (κ2) is 5.06. The van der Waals surface area contributed by atoms with Crippen LogP contribution < -0.4 is 11.3 Å². The summed E-state index contributed by atoms with van der Waals surface area (Å²) in [5.74, 6) is 5.21. The van der Waals surface area contributed by atoms with Crippen LogP contribution in [0.1, 0.15) is 23.0 Å². The van der Waals surface area contributed by atoms with Crippen molar-refractivity contribution in [3.8, 4) is 0 Å². The molecule has 0 aliphatic carbocycles. The van der Waals surface area contributed by atoms with Crippen LogP contribution in [-0.4, -0.2) is 9.78 Å². The largest absolute Gasteiger partial charge is 0.271 e. The molecular formula is C12H14ClFN4. The van der Waals surface area contributed by atoms with E-state index in [2.05, 4.69) is 10.5 Å². The monoisotopic (exact) mass is 268 g/mol. The number of hydrogen-bond donors (Lipinski definition) is 2. The van der Waals surface area contributed by atoms with Crippen LogP contribution in [0.5, 0.6) is 0 Å². The summed E-state index contributed by atoms with van der Waals surface area (Å²) >= 11 is 6.09. The number of hydrogen-bond acceptors (Lipinski definition) is 3. The van der Waals surface area contributed by atoms with Crippen LogP contribution >= 0.6 is 11.6 Å². The summed E-state index contributed by atoms with van der Waals surface area (Å²) in [6.45, 7) is 1.88. The number of aromatic nitrogens is 2.